The molecule has 0 unspecified atom stereocenters. The van der Waals surface area contributed by atoms with Crippen LogP contribution in [0.15, 0.2) is 54.7 Å². The number of hydroxylamine groups is 1. The molecule has 1 amide bonds. The molecule has 1 aliphatic carbocycles. The molecular weight excluding hydrogens is 725 g/mol. The summed E-state index contributed by atoms with van der Waals surface area (Å²) in [7, 11) is 1.46. The Bertz CT molecular complexity index is 1980. The Balaban J connectivity index is 1.42. The summed E-state index contributed by atoms with van der Waals surface area (Å²) < 4.78 is 11.9. The van der Waals surface area contributed by atoms with Gasteiger partial charge in [-0.3, -0.25) is 14.4 Å². The maximum absolute atomic E-state index is 13.8. The fraction of sp³-hybridized carbons (Fsp3) is 0.342. The lowest BCUT2D eigenvalue weighted by Gasteiger charge is -2.19. The molecule has 53 heavy (non-hydrogen) atoms. The zero-order valence-electron chi connectivity index (χ0n) is 29.5. The largest absolute Gasteiger partial charge is 0.481 e. The zero-order chi connectivity index (χ0) is 38.1. The molecule has 2 heterocycles. The van der Waals surface area contributed by atoms with Crippen molar-refractivity contribution < 1.29 is 38.9 Å². The Morgan fingerprint density at radius 3 is 2.55 bits per heavy atom. The molecule has 2 aromatic heterocycles. The number of amides is 1. The van der Waals surface area contributed by atoms with Gasteiger partial charge in [0.1, 0.15) is 16.6 Å². The number of aliphatic hydroxyl groups excluding tert-OH is 1. The topological polar surface area (TPSA) is 181 Å². The van der Waals surface area contributed by atoms with Crippen molar-refractivity contribution in [1.29, 1.82) is 0 Å². The van der Waals surface area contributed by atoms with Crippen LogP contribution in [0.3, 0.4) is 0 Å². The number of nitrogens with one attached hydrogen (secondary N) is 3. The highest BCUT2D eigenvalue weighted by atomic mass is 35.5. The van der Waals surface area contributed by atoms with Gasteiger partial charge >= 0.3 is 11.9 Å². The number of carbonyl (C=O) groups is 3. The first kappa shape index (κ1) is 39.4. The Hall–Kier alpha value is -4.79. The maximum Gasteiger partial charge on any atom is 0.325 e. The molecule has 5 N–H and O–H groups in total. The zero-order valence-corrected chi connectivity index (χ0v) is 31.0. The number of pyridine rings is 2. The van der Waals surface area contributed by atoms with Gasteiger partial charge in [0, 0.05) is 48.5 Å². The number of aliphatic carboxylic acids is 1. The minimum absolute atomic E-state index is 0.0211. The summed E-state index contributed by atoms with van der Waals surface area (Å²) in [5.74, 6) is -0.870. The first-order valence-electron chi connectivity index (χ1n) is 17.1. The molecule has 1 aliphatic rings. The fourth-order valence-electron chi connectivity index (χ4n) is 5.95. The van der Waals surface area contributed by atoms with Crippen LogP contribution in [0.2, 0.25) is 10.0 Å². The summed E-state index contributed by atoms with van der Waals surface area (Å²) in [5.41, 5.74) is 7.42. The van der Waals surface area contributed by atoms with E-state index in [2.05, 4.69) is 26.1 Å². The van der Waals surface area contributed by atoms with E-state index in [-0.39, 0.29) is 71.1 Å². The minimum atomic E-state index is -1.11. The standard InChI is InChI=1S/C38H41Cl2N5O8/c1-21(2)15-32(49)53-43-19-23-8-6-14-42-36(23)45-37(50)28-11-5-10-27(35(28)40)33-26-9-4-7-22(26)12-13-29(33)52-38-34(39)24(16-30(44-38)51-3)18-41-20-25(46)17-31(47)48/h5-6,8,10-14,16,21,25,41,43,46H,4,7,9,15,17-20H2,1-3H3,(H,47,48)(H,42,45,50)/t25-/m0/s1. The van der Waals surface area contributed by atoms with Crippen molar-refractivity contribution in [2.75, 3.05) is 19.0 Å². The Morgan fingerprint density at radius 1 is 0.981 bits per heavy atom. The summed E-state index contributed by atoms with van der Waals surface area (Å²) in [6, 6.07) is 14.1. The van der Waals surface area contributed by atoms with E-state index in [0.29, 0.717) is 28.0 Å². The molecule has 1 atom stereocenters. The molecular formula is C38H41Cl2N5O8. The number of rotatable bonds is 17. The second kappa shape index (κ2) is 18.3. The van der Waals surface area contributed by atoms with Gasteiger partial charge in [-0.25, -0.2) is 4.98 Å². The average Bonchev–Trinajstić information content (AvgIpc) is 3.59. The monoisotopic (exact) mass is 765 g/mol. The summed E-state index contributed by atoms with van der Waals surface area (Å²) in [6.45, 7) is 4.14. The quantitative estimate of drug-likeness (QED) is 0.0737. The number of hydrogen-bond acceptors (Lipinski definition) is 11. The number of halogens is 2. The van der Waals surface area contributed by atoms with Crippen molar-refractivity contribution in [1.82, 2.24) is 20.8 Å². The number of benzene rings is 2. The van der Waals surface area contributed by atoms with Crippen molar-refractivity contribution in [3.63, 3.8) is 0 Å². The number of aromatic nitrogens is 2. The second-order valence-electron chi connectivity index (χ2n) is 12.9. The number of aliphatic hydroxyl groups is 1. The molecule has 0 saturated carbocycles. The van der Waals surface area contributed by atoms with Crippen LogP contribution in [-0.4, -0.2) is 57.8 Å². The van der Waals surface area contributed by atoms with E-state index in [4.69, 9.17) is 42.6 Å². The number of carboxylic acids is 1. The number of anilines is 1. The number of hydrogen-bond donors (Lipinski definition) is 5. The van der Waals surface area contributed by atoms with Crippen molar-refractivity contribution in [3.05, 3.63) is 92.6 Å². The van der Waals surface area contributed by atoms with E-state index in [1.165, 1.54) is 7.11 Å². The van der Waals surface area contributed by atoms with Gasteiger partial charge in [0.15, 0.2) is 0 Å². The molecule has 2 aromatic carbocycles. The van der Waals surface area contributed by atoms with Crippen LogP contribution < -0.4 is 25.6 Å². The maximum atomic E-state index is 13.8. The minimum Gasteiger partial charge on any atom is -0.481 e. The Labute approximate surface area is 316 Å². The van der Waals surface area contributed by atoms with Gasteiger partial charge in [-0.15, -0.1) is 5.48 Å². The van der Waals surface area contributed by atoms with Crippen LogP contribution in [0, 0.1) is 5.92 Å². The normalized spacial score (nSPS) is 12.7. The van der Waals surface area contributed by atoms with E-state index >= 15 is 0 Å². The highest BCUT2D eigenvalue weighted by molar-refractivity contribution is 6.37. The first-order valence-corrected chi connectivity index (χ1v) is 17.8. The number of fused-ring (bicyclic) bond motifs is 1. The van der Waals surface area contributed by atoms with E-state index in [0.717, 1.165) is 30.4 Å². The first-order chi connectivity index (χ1) is 25.4. The third-order valence-corrected chi connectivity index (χ3v) is 9.22. The predicted octanol–water partition coefficient (Wildman–Crippen LogP) is 6.51. The van der Waals surface area contributed by atoms with Gasteiger partial charge in [-0.05, 0) is 60.1 Å². The number of nitrogens with zero attached hydrogens (tertiary/aromatic N) is 2. The molecule has 15 heteroatoms. The van der Waals surface area contributed by atoms with Gasteiger partial charge < -0.3 is 35.2 Å². The van der Waals surface area contributed by atoms with E-state index in [1.54, 1.807) is 36.5 Å². The molecule has 0 bridgehead atoms. The molecule has 0 saturated heterocycles. The summed E-state index contributed by atoms with van der Waals surface area (Å²) in [4.78, 5) is 50.6. The highest BCUT2D eigenvalue weighted by Gasteiger charge is 2.26. The van der Waals surface area contributed by atoms with Crippen LogP contribution in [0.4, 0.5) is 5.82 Å². The Morgan fingerprint density at radius 2 is 1.79 bits per heavy atom. The summed E-state index contributed by atoms with van der Waals surface area (Å²) in [5, 5.41) is 25.2. The van der Waals surface area contributed by atoms with Gasteiger partial charge in [0.25, 0.3) is 5.91 Å². The third-order valence-electron chi connectivity index (χ3n) is 8.40. The molecule has 0 spiro atoms. The number of carbonyl (C=O) groups excluding carboxylic acids is 2. The SMILES string of the molecule is COc1cc(CNC[C@@H](O)CC(=O)O)c(Cl)c(Oc2ccc3c(c2-c2cccc(C(=O)Nc4ncccc4CNOC(=O)CC(C)C)c2Cl)CCC3)n1. The number of aryl methyl sites for hydroxylation is 1. The smallest absolute Gasteiger partial charge is 0.325 e. The van der Waals surface area contributed by atoms with Gasteiger partial charge in [0.05, 0.1) is 36.8 Å². The van der Waals surface area contributed by atoms with Crippen LogP contribution in [0.1, 0.15) is 65.7 Å². The van der Waals surface area contributed by atoms with Gasteiger partial charge in [0.2, 0.25) is 11.8 Å². The second-order valence-corrected chi connectivity index (χ2v) is 13.6. The highest BCUT2D eigenvalue weighted by Crippen LogP contribution is 2.45. The van der Waals surface area contributed by atoms with Crippen LogP contribution in [0.5, 0.6) is 17.5 Å². The summed E-state index contributed by atoms with van der Waals surface area (Å²) in [6.07, 6.45) is 2.87. The predicted molar refractivity (Wildman–Crippen MR) is 199 cm³/mol. The molecule has 13 nitrogen and oxygen atoms in total. The molecule has 280 valence electrons. The molecule has 4 aromatic rings. The van der Waals surface area contributed by atoms with Crippen LogP contribution in [0.25, 0.3) is 11.1 Å². The third kappa shape index (κ3) is 10.2. The lowest BCUT2D eigenvalue weighted by atomic mass is 9.94. The van der Waals surface area contributed by atoms with Crippen LogP contribution >= 0.6 is 23.2 Å². The fourth-order valence-corrected chi connectivity index (χ4v) is 6.46. The van der Waals surface area contributed by atoms with E-state index in [1.807, 2.05) is 32.0 Å². The molecule has 0 fully saturated rings. The number of methoxy groups -OCH3 is 1. The van der Waals surface area contributed by atoms with Crippen molar-refractivity contribution in [2.45, 2.75) is 65.1 Å². The average molecular weight is 767 g/mol. The molecule has 0 radical (unpaired) electrons. The van der Waals surface area contributed by atoms with Crippen LogP contribution in [-0.2, 0) is 40.4 Å². The van der Waals surface area contributed by atoms with E-state index in [9.17, 15) is 19.5 Å². The Kier molecular flexibility index (Phi) is 13.6. The van der Waals surface area contributed by atoms with Crippen molar-refractivity contribution >= 4 is 46.9 Å². The van der Waals surface area contributed by atoms with E-state index < -0.39 is 24.4 Å². The number of carboxylic acid groups (broad SMARTS) is 1. The van der Waals surface area contributed by atoms with Gasteiger partial charge in [-0.1, -0.05) is 61.3 Å². The lowest BCUT2D eigenvalue weighted by Crippen LogP contribution is -2.28. The molecule has 5 rings (SSSR count). The molecule has 0 aliphatic heterocycles. The summed E-state index contributed by atoms with van der Waals surface area (Å²) >= 11 is 13.9. The number of ether oxygens (including phenoxy) is 2. The van der Waals surface area contributed by atoms with Gasteiger partial charge in [-0.2, -0.15) is 4.98 Å². The lowest BCUT2D eigenvalue weighted by molar-refractivity contribution is -0.152. The van der Waals surface area contributed by atoms with Crippen molar-refractivity contribution in [3.8, 4) is 28.6 Å². The van der Waals surface area contributed by atoms with Crippen molar-refractivity contribution in [2.24, 2.45) is 5.92 Å².